The van der Waals surface area contributed by atoms with Crippen LogP contribution in [0.4, 0.5) is 4.39 Å². The van der Waals surface area contributed by atoms with Crippen molar-refractivity contribution in [1.82, 2.24) is 5.32 Å². The zero-order valence-electron chi connectivity index (χ0n) is 13.3. The van der Waals surface area contributed by atoms with E-state index >= 15 is 0 Å². The third-order valence-corrected chi connectivity index (χ3v) is 4.11. The predicted molar refractivity (Wildman–Crippen MR) is 91.9 cm³/mol. The van der Waals surface area contributed by atoms with Crippen LogP contribution in [0.25, 0.3) is 0 Å². The second-order valence-electron chi connectivity index (χ2n) is 5.48. The van der Waals surface area contributed by atoms with Crippen molar-refractivity contribution >= 4 is 21.8 Å². The van der Waals surface area contributed by atoms with Gasteiger partial charge >= 0.3 is 0 Å². The molecule has 0 bridgehead atoms. The molecule has 1 N–H and O–H groups in total. The first-order chi connectivity index (χ1) is 10.9. The van der Waals surface area contributed by atoms with Crippen molar-refractivity contribution < 1.29 is 13.9 Å². The number of aryl methyl sites for hydroxylation is 1. The second-order valence-corrected chi connectivity index (χ2v) is 6.33. The first-order valence-electron chi connectivity index (χ1n) is 7.35. The van der Waals surface area contributed by atoms with Crippen LogP contribution in [-0.2, 0) is 4.79 Å². The Labute approximate surface area is 144 Å². The number of benzene rings is 2. The smallest absolute Gasteiger partial charge is 0.261 e. The predicted octanol–water partition coefficient (Wildman–Crippen LogP) is 4.54. The van der Waals surface area contributed by atoms with Gasteiger partial charge in [-0.3, -0.25) is 4.79 Å². The summed E-state index contributed by atoms with van der Waals surface area (Å²) in [6.07, 6.45) is -0.642. The van der Waals surface area contributed by atoms with Gasteiger partial charge in [-0.05, 0) is 72.1 Å². The zero-order valence-corrected chi connectivity index (χ0v) is 14.9. The molecule has 0 spiro atoms. The minimum Gasteiger partial charge on any atom is -0.480 e. The number of hydrogen-bond donors (Lipinski definition) is 1. The van der Waals surface area contributed by atoms with E-state index in [0.717, 1.165) is 15.6 Å². The lowest BCUT2D eigenvalue weighted by Crippen LogP contribution is -2.37. The molecular weight excluding hydrogens is 361 g/mol. The average molecular weight is 380 g/mol. The minimum atomic E-state index is -0.642. The fourth-order valence-corrected chi connectivity index (χ4v) is 2.70. The number of carbonyl (C=O) groups excluding carboxylic acids is 1. The highest BCUT2D eigenvalue weighted by molar-refractivity contribution is 9.10. The molecule has 23 heavy (non-hydrogen) atoms. The number of hydrogen-bond acceptors (Lipinski definition) is 2. The molecule has 0 aliphatic rings. The summed E-state index contributed by atoms with van der Waals surface area (Å²) in [4.78, 5) is 12.3. The summed E-state index contributed by atoms with van der Waals surface area (Å²) in [5.74, 6) is 0.0928. The van der Waals surface area contributed by atoms with E-state index in [9.17, 15) is 9.18 Å². The van der Waals surface area contributed by atoms with Gasteiger partial charge in [0.1, 0.15) is 11.6 Å². The summed E-state index contributed by atoms with van der Waals surface area (Å²) in [5, 5.41) is 2.86. The molecule has 0 heterocycles. The lowest BCUT2D eigenvalue weighted by Gasteiger charge is -2.19. The first-order valence-corrected chi connectivity index (χ1v) is 8.15. The molecule has 5 heteroatoms. The van der Waals surface area contributed by atoms with Crippen LogP contribution >= 0.6 is 15.9 Å². The molecule has 0 saturated heterocycles. The van der Waals surface area contributed by atoms with Crippen molar-refractivity contribution in [2.75, 3.05) is 0 Å². The number of nitrogens with one attached hydrogen (secondary N) is 1. The molecule has 0 aliphatic heterocycles. The van der Waals surface area contributed by atoms with Gasteiger partial charge in [-0.15, -0.1) is 0 Å². The van der Waals surface area contributed by atoms with Gasteiger partial charge < -0.3 is 10.1 Å². The monoisotopic (exact) mass is 379 g/mol. The molecule has 122 valence electrons. The Kier molecular flexibility index (Phi) is 5.77. The molecule has 0 radical (unpaired) electrons. The number of carbonyl (C=O) groups is 1. The van der Waals surface area contributed by atoms with Crippen molar-refractivity contribution in [2.45, 2.75) is 32.9 Å². The number of halogens is 2. The van der Waals surface area contributed by atoms with Crippen LogP contribution < -0.4 is 10.1 Å². The lowest BCUT2D eigenvalue weighted by molar-refractivity contribution is -0.127. The number of rotatable bonds is 5. The van der Waals surface area contributed by atoms with Crippen LogP contribution in [0.1, 0.15) is 31.0 Å². The van der Waals surface area contributed by atoms with Crippen LogP contribution in [0, 0.1) is 12.7 Å². The highest BCUT2D eigenvalue weighted by atomic mass is 79.9. The Morgan fingerprint density at radius 1 is 1.17 bits per heavy atom. The number of ether oxygens (including phenoxy) is 1. The van der Waals surface area contributed by atoms with Gasteiger partial charge in [0.2, 0.25) is 0 Å². The summed E-state index contributed by atoms with van der Waals surface area (Å²) in [6.45, 7) is 5.52. The summed E-state index contributed by atoms with van der Waals surface area (Å²) < 4.78 is 19.4. The summed E-state index contributed by atoms with van der Waals surface area (Å²) in [7, 11) is 0. The summed E-state index contributed by atoms with van der Waals surface area (Å²) in [5.41, 5.74) is 1.94. The SMILES string of the molecule is Cc1ccc(O[C@H](C)C(=O)N[C@H](C)c2ccc(F)cc2)c(Br)c1. The quantitative estimate of drug-likeness (QED) is 0.827. The molecule has 2 aromatic carbocycles. The van der Waals surface area contributed by atoms with Gasteiger partial charge in [-0.2, -0.15) is 0 Å². The van der Waals surface area contributed by atoms with Crippen molar-refractivity contribution in [3.8, 4) is 5.75 Å². The Hall–Kier alpha value is -1.88. The molecule has 3 nitrogen and oxygen atoms in total. The van der Waals surface area contributed by atoms with E-state index in [1.165, 1.54) is 12.1 Å². The highest BCUT2D eigenvalue weighted by Gasteiger charge is 2.18. The highest BCUT2D eigenvalue weighted by Crippen LogP contribution is 2.26. The van der Waals surface area contributed by atoms with E-state index < -0.39 is 6.10 Å². The molecule has 2 aromatic rings. The average Bonchev–Trinajstić information content (AvgIpc) is 2.50. The maximum absolute atomic E-state index is 12.9. The topological polar surface area (TPSA) is 38.3 Å². The van der Waals surface area contributed by atoms with E-state index in [-0.39, 0.29) is 17.8 Å². The van der Waals surface area contributed by atoms with Crippen LogP contribution in [0.15, 0.2) is 46.9 Å². The maximum atomic E-state index is 12.9. The Bertz CT molecular complexity index is 688. The van der Waals surface area contributed by atoms with Crippen LogP contribution in [0.5, 0.6) is 5.75 Å². The molecule has 2 atom stereocenters. The molecule has 1 amide bonds. The van der Waals surface area contributed by atoms with Gasteiger partial charge in [0, 0.05) is 0 Å². The summed E-state index contributed by atoms with van der Waals surface area (Å²) >= 11 is 3.43. The van der Waals surface area contributed by atoms with Crippen LogP contribution in [0.3, 0.4) is 0 Å². The normalized spacial score (nSPS) is 13.3. The standard InChI is InChI=1S/C18H19BrFNO2/c1-11-4-9-17(16(19)10-11)23-13(3)18(22)21-12(2)14-5-7-15(20)8-6-14/h4-10,12-13H,1-3H3,(H,21,22)/t12-,13-/m1/s1. The Balaban J connectivity index is 1.98. The maximum Gasteiger partial charge on any atom is 0.261 e. The number of amides is 1. The second kappa shape index (κ2) is 7.59. The lowest BCUT2D eigenvalue weighted by atomic mass is 10.1. The molecule has 0 fully saturated rings. The fourth-order valence-electron chi connectivity index (χ4n) is 2.11. The third-order valence-electron chi connectivity index (χ3n) is 3.49. The first kappa shape index (κ1) is 17.5. The van der Waals surface area contributed by atoms with Crippen molar-refractivity contribution in [3.63, 3.8) is 0 Å². The van der Waals surface area contributed by atoms with Crippen LogP contribution in [-0.4, -0.2) is 12.0 Å². The van der Waals surface area contributed by atoms with Gasteiger partial charge in [0.05, 0.1) is 10.5 Å². The molecule has 0 unspecified atom stereocenters. The van der Waals surface area contributed by atoms with Crippen molar-refractivity contribution in [1.29, 1.82) is 0 Å². The van der Waals surface area contributed by atoms with Gasteiger partial charge in [0.15, 0.2) is 6.10 Å². The van der Waals surface area contributed by atoms with Crippen molar-refractivity contribution in [3.05, 3.63) is 63.9 Å². The minimum absolute atomic E-state index is 0.226. The zero-order chi connectivity index (χ0) is 17.0. The van der Waals surface area contributed by atoms with E-state index in [1.54, 1.807) is 19.1 Å². The Morgan fingerprint density at radius 3 is 2.43 bits per heavy atom. The van der Waals surface area contributed by atoms with E-state index in [2.05, 4.69) is 21.2 Å². The molecule has 0 aromatic heterocycles. The molecular formula is C18H19BrFNO2. The molecule has 0 aliphatic carbocycles. The van der Waals surface area contributed by atoms with Gasteiger partial charge in [0.25, 0.3) is 5.91 Å². The van der Waals surface area contributed by atoms with Crippen LogP contribution in [0.2, 0.25) is 0 Å². The third kappa shape index (κ3) is 4.79. The molecule has 2 rings (SSSR count). The fraction of sp³-hybridized carbons (Fsp3) is 0.278. The summed E-state index contributed by atoms with van der Waals surface area (Å²) in [6, 6.07) is 11.5. The van der Waals surface area contributed by atoms with Gasteiger partial charge in [-0.1, -0.05) is 18.2 Å². The largest absolute Gasteiger partial charge is 0.480 e. The van der Waals surface area contributed by atoms with E-state index in [4.69, 9.17) is 4.74 Å². The van der Waals surface area contributed by atoms with E-state index in [0.29, 0.717) is 5.75 Å². The van der Waals surface area contributed by atoms with Gasteiger partial charge in [-0.25, -0.2) is 4.39 Å². The van der Waals surface area contributed by atoms with E-state index in [1.807, 2.05) is 32.0 Å². The molecule has 0 saturated carbocycles. The van der Waals surface area contributed by atoms with Crippen molar-refractivity contribution in [2.24, 2.45) is 0 Å². The Morgan fingerprint density at radius 2 is 1.83 bits per heavy atom.